The summed E-state index contributed by atoms with van der Waals surface area (Å²) in [6, 6.07) is 7.85. The second-order valence-corrected chi connectivity index (χ2v) is 4.84. The van der Waals surface area contributed by atoms with E-state index in [9.17, 15) is 9.90 Å². The van der Waals surface area contributed by atoms with E-state index in [2.05, 4.69) is 15.0 Å². The van der Waals surface area contributed by atoms with Crippen molar-refractivity contribution in [3.05, 3.63) is 53.7 Å². The quantitative estimate of drug-likeness (QED) is 0.681. The number of aromatic amines is 2. The molecule has 3 N–H and O–H groups in total. The van der Waals surface area contributed by atoms with E-state index in [1.807, 2.05) is 24.3 Å². The lowest BCUT2D eigenvalue weighted by Gasteiger charge is -2.07. The Morgan fingerprint density at radius 2 is 2.20 bits per heavy atom. The molecule has 0 aliphatic carbocycles. The van der Waals surface area contributed by atoms with Gasteiger partial charge in [-0.25, -0.2) is 4.98 Å². The van der Waals surface area contributed by atoms with E-state index in [-0.39, 0.29) is 0 Å². The Labute approximate surface area is 115 Å². The van der Waals surface area contributed by atoms with Gasteiger partial charge in [-0.05, 0) is 18.6 Å². The van der Waals surface area contributed by atoms with Crippen LogP contribution in [0.25, 0.3) is 10.9 Å². The number of carbonyl (C=O) groups is 1. The average molecular weight is 269 g/mol. The van der Waals surface area contributed by atoms with Crippen LogP contribution < -0.4 is 0 Å². The molecule has 0 spiro atoms. The molecule has 0 amide bonds. The van der Waals surface area contributed by atoms with Crippen LogP contribution in [-0.4, -0.2) is 26.0 Å². The fourth-order valence-corrected chi connectivity index (χ4v) is 2.47. The van der Waals surface area contributed by atoms with Gasteiger partial charge in [0, 0.05) is 35.4 Å². The first kappa shape index (κ1) is 12.5. The monoisotopic (exact) mass is 269 g/mol. The number of fused-ring (bicyclic) bond motifs is 1. The highest BCUT2D eigenvalue weighted by Crippen LogP contribution is 2.29. The van der Waals surface area contributed by atoms with E-state index in [1.165, 1.54) is 0 Å². The zero-order valence-electron chi connectivity index (χ0n) is 11.1. The van der Waals surface area contributed by atoms with E-state index in [0.717, 1.165) is 28.0 Å². The standard InChI is InChI=1S/C15H15N3O2/c1-9(15(19)20)14-11(8-13-16-6-7-17-13)10-4-2-3-5-12(10)18-14/h2-7,9,18H,8H2,1H3,(H,16,17)(H,19,20). The molecule has 0 bridgehead atoms. The molecule has 5 nitrogen and oxygen atoms in total. The van der Waals surface area contributed by atoms with Crippen molar-refractivity contribution in [3.8, 4) is 0 Å². The maximum Gasteiger partial charge on any atom is 0.312 e. The third-order valence-corrected chi connectivity index (χ3v) is 3.55. The van der Waals surface area contributed by atoms with Crippen LogP contribution in [0.3, 0.4) is 0 Å². The smallest absolute Gasteiger partial charge is 0.312 e. The zero-order valence-corrected chi connectivity index (χ0v) is 11.1. The van der Waals surface area contributed by atoms with Crippen molar-refractivity contribution in [2.45, 2.75) is 19.3 Å². The van der Waals surface area contributed by atoms with Crippen LogP contribution in [0.15, 0.2) is 36.7 Å². The molecule has 5 heteroatoms. The van der Waals surface area contributed by atoms with Crippen molar-refractivity contribution < 1.29 is 9.90 Å². The molecular formula is C15H15N3O2. The van der Waals surface area contributed by atoms with Crippen LogP contribution in [0.5, 0.6) is 0 Å². The number of nitrogens with zero attached hydrogens (tertiary/aromatic N) is 1. The third kappa shape index (κ3) is 2.07. The summed E-state index contributed by atoms with van der Waals surface area (Å²) in [5.74, 6) is -0.585. The molecule has 1 unspecified atom stereocenters. The lowest BCUT2D eigenvalue weighted by molar-refractivity contribution is -0.138. The van der Waals surface area contributed by atoms with Crippen LogP contribution in [0.1, 0.15) is 29.9 Å². The van der Waals surface area contributed by atoms with Gasteiger partial charge < -0.3 is 15.1 Å². The Morgan fingerprint density at radius 1 is 1.40 bits per heavy atom. The Balaban J connectivity index is 2.15. The van der Waals surface area contributed by atoms with Crippen molar-refractivity contribution in [2.75, 3.05) is 0 Å². The minimum absolute atomic E-state index is 0.577. The van der Waals surface area contributed by atoms with Gasteiger partial charge in [0.1, 0.15) is 5.82 Å². The largest absolute Gasteiger partial charge is 0.481 e. The molecule has 1 aromatic carbocycles. The molecule has 0 saturated carbocycles. The van der Waals surface area contributed by atoms with Gasteiger partial charge in [-0.3, -0.25) is 4.79 Å². The molecule has 0 radical (unpaired) electrons. The summed E-state index contributed by atoms with van der Waals surface area (Å²) in [6.07, 6.45) is 4.05. The van der Waals surface area contributed by atoms with Gasteiger partial charge >= 0.3 is 5.97 Å². The molecule has 0 aliphatic rings. The molecule has 1 atom stereocenters. The molecule has 0 aliphatic heterocycles. The van der Waals surface area contributed by atoms with Crippen molar-refractivity contribution in [2.24, 2.45) is 0 Å². The first-order chi connectivity index (χ1) is 9.66. The van der Waals surface area contributed by atoms with Crippen LogP contribution in [0, 0.1) is 0 Å². The number of imidazole rings is 1. The number of aliphatic carboxylic acids is 1. The Bertz CT molecular complexity index is 744. The highest BCUT2D eigenvalue weighted by Gasteiger charge is 2.22. The first-order valence-corrected chi connectivity index (χ1v) is 6.47. The van der Waals surface area contributed by atoms with E-state index in [4.69, 9.17) is 0 Å². The lowest BCUT2D eigenvalue weighted by Crippen LogP contribution is -2.10. The van der Waals surface area contributed by atoms with Gasteiger partial charge in [-0.1, -0.05) is 18.2 Å². The number of H-pyrrole nitrogens is 2. The third-order valence-electron chi connectivity index (χ3n) is 3.55. The molecule has 0 saturated heterocycles. The minimum atomic E-state index is -0.836. The number of carboxylic acid groups (broad SMARTS) is 1. The summed E-state index contributed by atoms with van der Waals surface area (Å²) in [6.45, 7) is 1.69. The highest BCUT2D eigenvalue weighted by atomic mass is 16.4. The van der Waals surface area contributed by atoms with Gasteiger partial charge in [0.05, 0.1) is 5.92 Å². The van der Waals surface area contributed by atoms with Crippen LogP contribution >= 0.6 is 0 Å². The maximum absolute atomic E-state index is 11.3. The average Bonchev–Trinajstić information content (AvgIpc) is 3.07. The number of hydrogen-bond donors (Lipinski definition) is 3. The van der Waals surface area contributed by atoms with Crippen molar-refractivity contribution in [1.29, 1.82) is 0 Å². The van der Waals surface area contributed by atoms with E-state index < -0.39 is 11.9 Å². The van der Waals surface area contributed by atoms with Gasteiger partial charge in [-0.15, -0.1) is 0 Å². The molecule has 102 valence electrons. The Kier molecular flexibility index (Phi) is 3.02. The number of carboxylic acids is 1. The fraction of sp³-hybridized carbons (Fsp3) is 0.200. The number of hydrogen-bond acceptors (Lipinski definition) is 2. The fourth-order valence-electron chi connectivity index (χ4n) is 2.47. The molecule has 3 aromatic rings. The van der Waals surface area contributed by atoms with Crippen LogP contribution in [0.4, 0.5) is 0 Å². The Hall–Kier alpha value is -2.56. The normalized spacial score (nSPS) is 12.7. The highest BCUT2D eigenvalue weighted by molar-refractivity contribution is 5.87. The van der Waals surface area contributed by atoms with E-state index in [0.29, 0.717) is 6.42 Å². The number of para-hydroxylation sites is 1. The number of nitrogens with one attached hydrogen (secondary N) is 2. The number of benzene rings is 1. The first-order valence-electron chi connectivity index (χ1n) is 6.47. The summed E-state index contributed by atoms with van der Waals surface area (Å²) in [5, 5.41) is 10.3. The number of rotatable bonds is 4. The van der Waals surface area contributed by atoms with Crippen molar-refractivity contribution >= 4 is 16.9 Å². The summed E-state index contributed by atoms with van der Waals surface area (Å²) in [4.78, 5) is 21.8. The molecule has 0 fully saturated rings. The van der Waals surface area contributed by atoms with Crippen LogP contribution in [0.2, 0.25) is 0 Å². The van der Waals surface area contributed by atoms with Gasteiger partial charge in [0.25, 0.3) is 0 Å². The Morgan fingerprint density at radius 3 is 2.90 bits per heavy atom. The summed E-state index contributed by atoms with van der Waals surface area (Å²) in [7, 11) is 0. The topological polar surface area (TPSA) is 81.8 Å². The summed E-state index contributed by atoms with van der Waals surface area (Å²) < 4.78 is 0. The van der Waals surface area contributed by atoms with Gasteiger partial charge in [0.15, 0.2) is 0 Å². The molecule has 2 heterocycles. The zero-order chi connectivity index (χ0) is 14.1. The van der Waals surface area contributed by atoms with Gasteiger partial charge in [0.2, 0.25) is 0 Å². The van der Waals surface area contributed by atoms with Crippen LogP contribution in [-0.2, 0) is 11.2 Å². The second kappa shape index (κ2) is 4.85. The number of aromatic nitrogens is 3. The lowest BCUT2D eigenvalue weighted by atomic mass is 9.99. The summed E-state index contributed by atoms with van der Waals surface area (Å²) >= 11 is 0. The second-order valence-electron chi connectivity index (χ2n) is 4.84. The molecule has 20 heavy (non-hydrogen) atoms. The maximum atomic E-state index is 11.3. The summed E-state index contributed by atoms with van der Waals surface area (Å²) in [5.41, 5.74) is 2.69. The van der Waals surface area contributed by atoms with Crippen molar-refractivity contribution in [1.82, 2.24) is 15.0 Å². The van der Waals surface area contributed by atoms with Gasteiger partial charge in [-0.2, -0.15) is 0 Å². The van der Waals surface area contributed by atoms with Crippen molar-refractivity contribution in [3.63, 3.8) is 0 Å². The molecule has 2 aromatic heterocycles. The SMILES string of the molecule is CC(C(=O)O)c1[nH]c2ccccc2c1Cc1ncc[nH]1. The molecular weight excluding hydrogens is 254 g/mol. The minimum Gasteiger partial charge on any atom is -0.481 e. The molecule has 3 rings (SSSR count). The predicted molar refractivity (Wildman–Crippen MR) is 75.7 cm³/mol. The van der Waals surface area contributed by atoms with E-state index in [1.54, 1.807) is 19.3 Å². The van der Waals surface area contributed by atoms with E-state index >= 15 is 0 Å². The predicted octanol–water partition coefficient (Wildman–Crippen LogP) is 2.67.